The van der Waals surface area contributed by atoms with Crippen LogP contribution >= 0.6 is 71.8 Å². The van der Waals surface area contributed by atoms with Crippen LogP contribution in [0, 0.1) is 30.3 Å². The third kappa shape index (κ3) is 15.4. The number of aromatic hydroxyl groups is 2. The minimum absolute atomic E-state index is 0. The van der Waals surface area contributed by atoms with Gasteiger partial charge in [0.25, 0.3) is 0 Å². The van der Waals surface area contributed by atoms with Gasteiger partial charge in [0.1, 0.15) is 23.2 Å². The Morgan fingerprint density at radius 2 is 1.39 bits per heavy atom. The summed E-state index contributed by atoms with van der Waals surface area (Å²) in [6, 6.07) is 11.7. The average Bonchev–Trinajstić information content (AvgIpc) is 3.06. The molecule has 272 valence electrons. The van der Waals surface area contributed by atoms with Crippen LogP contribution in [0.3, 0.4) is 0 Å². The van der Waals surface area contributed by atoms with Crippen molar-refractivity contribution in [3.8, 4) is 23.0 Å². The maximum atomic E-state index is 11.0. The highest BCUT2D eigenvalue weighted by molar-refractivity contribution is 14.0. The van der Waals surface area contributed by atoms with Gasteiger partial charge < -0.3 is 54.8 Å². The number of halogens is 4. The van der Waals surface area contributed by atoms with Crippen molar-refractivity contribution in [3.05, 3.63) is 105 Å². The van der Waals surface area contributed by atoms with Crippen LogP contribution in [0.15, 0.2) is 68.5 Å². The van der Waals surface area contributed by atoms with Gasteiger partial charge in [-0.15, -0.1) is 24.0 Å². The standard InChI is InChI=1S/C9H9BrN2O5.C8H6BrNO2.C5H3BrN2O3.C5H4N2O3.HI/c1-2-16-8(13)5-17-6-3-4-7(10)11-9(6)12(14)15;9-8-2-1-7-6(10-8)3-5(11)4-12-7;6-4-2-1-3(9)5(7-4)8(10)11;8-4-2-1-3-6-5(4)7(9)10;/h3-4H,2,5H2,1H3;1-2H,3-4H2;1-2,9H;1-3,8H;1H. The van der Waals surface area contributed by atoms with Crippen molar-refractivity contribution in [1.29, 1.82) is 0 Å². The molecule has 24 heteroatoms. The molecule has 0 saturated heterocycles. The summed E-state index contributed by atoms with van der Waals surface area (Å²) in [5, 5.41) is 48.5. The number of carbonyl (C=O) groups is 2. The lowest BCUT2D eigenvalue weighted by molar-refractivity contribution is -0.390. The zero-order valence-electron chi connectivity index (χ0n) is 25.6. The van der Waals surface area contributed by atoms with Gasteiger partial charge in [0.05, 0.1) is 18.7 Å². The Morgan fingerprint density at radius 3 is 1.94 bits per heavy atom. The quantitative estimate of drug-likeness (QED) is 0.0726. The number of esters is 1. The van der Waals surface area contributed by atoms with E-state index < -0.39 is 56.3 Å². The third-order valence-corrected chi connectivity index (χ3v) is 6.54. The number of fused-ring (bicyclic) bond motifs is 1. The Morgan fingerprint density at radius 1 is 0.843 bits per heavy atom. The topological polar surface area (TPSA) is 283 Å². The number of Topliss-reactive ketones (excluding diaryl/α,β-unsaturated/α-hetero) is 1. The molecule has 51 heavy (non-hydrogen) atoms. The molecule has 0 amide bonds. The number of ether oxygens (including phenoxy) is 3. The highest BCUT2D eigenvalue weighted by Crippen LogP contribution is 2.27. The Labute approximate surface area is 328 Å². The van der Waals surface area contributed by atoms with Crippen LogP contribution in [-0.4, -0.2) is 76.5 Å². The summed E-state index contributed by atoms with van der Waals surface area (Å²) in [5.41, 5.74) is 0.723. The van der Waals surface area contributed by atoms with Crippen molar-refractivity contribution in [2.24, 2.45) is 0 Å². The van der Waals surface area contributed by atoms with Gasteiger partial charge in [-0.3, -0.25) is 4.79 Å². The molecule has 20 nitrogen and oxygen atoms in total. The van der Waals surface area contributed by atoms with Crippen LogP contribution in [0.25, 0.3) is 0 Å². The van der Waals surface area contributed by atoms with E-state index in [-0.39, 0.29) is 48.7 Å². The fourth-order valence-electron chi connectivity index (χ4n) is 3.19. The zero-order valence-corrected chi connectivity index (χ0v) is 32.7. The molecule has 0 fully saturated rings. The van der Waals surface area contributed by atoms with Gasteiger partial charge >= 0.3 is 23.4 Å². The molecule has 0 aliphatic carbocycles. The zero-order chi connectivity index (χ0) is 37.4. The second-order valence-electron chi connectivity index (χ2n) is 8.73. The predicted octanol–water partition coefficient (Wildman–Crippen LogP) is 5.81. The molecule has 0 aromatic carbocycles. The number of hydrogen-bond donors (Lipinski definition) is 2. The van der Waals surface area contributed by atoms with Crippen LogP contribution in [-0.2, 0) is 20.7 Å². The van der Waals surface area contributed by atoms with Gasteiger partial charge in [-0.05, 0) is 89.0 Å². The molecule has 4 aromatic rings. The molecule has 1 aliphatic heterocycles. The van der Waals surface area contributed by atoms with Crippen LogP contribution < -0.4 is 9.47 Å². The first-order valence-corrected chi connectivity index (χ1v) is 15.7. The number of nitrogens with zero attached hydrogens (tertiary/aromatic N) is 7. The summed E-state index contributed by atoms with van der Waals surface area (Å²) in [6.07, 6.45) is 1.63. The molecule has 0 saturated carbocycles. The molecule has 0 spiro atoms. The summed E-state index contributed by atoms with van der Waals surface area (Å²) < 4.78 is 16.1. The first-order chi connectivity index (χ1) is 23.6. The van der Waals surface area contributed by atoms with E-state index in [0.29, 0.717) is 15.6 Å². The smallest absolute Gasteiger partial charge is 0.407 e. The number of ketones is 1. The van der Waals surface area contributed by atoms with E-state index in [4.69, 9.17) is 19.7 Å². The van der Waals surface area contributed by atoms with Crippen molar-refractivity contribution in [1.82, 2.24) is 19.9 Å². The molecule has 0 radical (unpaired) electrons. The van der Waals surface area contributed by atoms with Gasteiger partial charge in [0, 0.05) is 44.0 Å². The van der Waals surface area contributed by atoms with Crippen molar-refractivity contribution >= 4 is 101 Å². The largest absolute Gasteiger partial charge is 0.501 e. The Balaban J connectivity index is 0.000000345. The highest BCUT2D eigenvalue weighted by Gasteiger charge is 2.20. The van der Waals surface area contributed by atoms with Crippen LogP contribution in [0.4, 0.5) is 17.5 Å². The number of nitro groups is 3. The normalized spacial score (nSPS) is 10.7. The van der Waals surface area contributed by atoms with Crippen LogP contribution in [0.2, 0.25) is 0 Å². The number of pyridine rings is 4. The van der Waals surface area contributed by atoms with E-state index in [0.717, 1.165) is 16.0 Å². The molecule has 0 unspecified atom stereocenters. The second kappa shape index (κ2) is 22.2. The number of hydrogen-bond acceptors (Lipinski definition) is 17. The van der Waals surface area contributed by atoms with E-state index in [1.807, 2.05) is 6.07 Å². The lowest BCUT2D eigenvalue weighted by Gasteiger charge is -2.14. The van der Waals surface area contributed by atoms with Gasteiger partial charge in [-0.25, -0.2) is 9.78 Å². The molecule has 0 bridgehead atoms. The minimum Gasteiger partial charge on any atom is -0.501 e. The molecule has 2 N–H and O–H groups in total. The second-order valence-corrected chi connectivity index (χ2v) is 11.2. The highest BCUT2D eigenvalue weighted by atomic mass is 127. The SMILES string of the molecule is CCOC(=O)COc1ccc(Br)nc1[N+](=O)[O-].I.O=C1COc2ccc(Br)nc2C1.O=[N+]([O-])c1nc(Br)ccc1O.O=[N+]([O-])c1ncccc1O. The molecular formula is C27H23Br3IN7O13. The number of carbonyl (C=O) groups excluding carboxylic acids is 2. The van der Waals surface area contributed by atoms with Crippen LogP contribution in [0.1, 0.15) is 12.6 Å². The molecule has 5 heterocycles. The Kier molecular flexibility index (Phi) is 19.3. The summed E-state index contributed by atoms with van der Waals surface area (Å²) in [6.45, 7) is 1.67. The molecule has 0 atom stereocenters. The maximum Gasteiger partial charge on any atom is 0.407 e. The fourth-order valence-corrected chi connectivity index (χ4v) is 4.14. The van der Waals surface area contributed by atoms with Crippen molar-refractivity contribution < 1.29 is 48.8 Å². The van der Waals surface area contributed by atoms with E-state index >= 15 is 0 Å². The molecular weight excluding hydrogens is 997 g/mol. The van der Waals surface area contributed by atoms with Crippen molar-refractivity contribution in [3.63, 3.8) is 0 Å². The average molecular weight is 1020 g/mol. The monoisotopic (exact) mass is 1020 g/mol. The predicted molar refractivity (Wildman–Crippen MR) is 195 cm³/mol. The maximum absolute atomic E-state index is 11.0. The van der Waals surface area contributed by atoms with E-state index in [2.05, 4.69) is 72.5 Å². The summed E-state index contributed by atoms with van der Waals surface area (Å²) in [4.78, 5) is 65.1. The number of rotatable bonds is 7. The third-order valence-electron chi connectivity index (χ3n) is 5.21. The van der Waals surface area contributed by atoms with Gasteiger partial charge in [0.15, 0.2) is 12.4 Å². The Bertz CT molecular complexity index is 1880. The van der Waals surface area contributed by atoms with Gasteiger partial charge in [-0.2, -0.15) is 0 Å². The van der Waals surface area contributed by atoms with Crippen molar-refractivity contribution in [2.45, 2.75) is 13.3 Å². The van der Waals surface area contributed by atoms with Gasteiger partial charge in [0.2, 0.25) is 26.5 Å². The fraction of sp³-hybridized carbons (Fsp3) is 0.185. The Hall–Kier alpha value is -4.69. The number of aromatic nitrogens is 4. The summed E-state index contributed by atoms with van der Waals surface area (Å²) in [5.74, 6) is -2.22. The van der Waals surface area contributed by atoms with Gasteiger partial charge in [-0.1, -0.05) is 0 Å². The lowest BCUT2D eigenvalue weighted by atomic mass is 10.1. The van der Waals surface area contributed by atoms with Crippen molar-refractivity contribution in [2.75, 3.05) is 19.8 Å². The summed E-state index contributed by atoms with van der Waals surface area (Å²) >= 11 is 9.18. The lowest BCUT2D eigenvalue weighted by Crippen LogP contribution is -2.21. The summed E-state index contributed by atoms with van der Waals surface area (Å²) in [7, 11) is 0. The van der Waals surface area contributed by atoms with E-state index in [1.165, 1.54) is 42.6 Å². The van der Waals surface area contributed by atoms with E-state index in [9.17, 15) is 39.9 Å². The van der Waals surface area contributed by atoms with E-state index in [1.54, 1.807) is 13.0 Å². The minimum atomic E-state index is -0.750. The first-order valence-electron chi connectivity index (χ1n) is 13.3. The molecule has 5 rings (SSSR count). The molecule has 1 aliphatic rings. The van der Waals surface area contributed by atoms with Crippen LogP contribution in [0.5, 0.6) is 23.0 Å². The molecule has 4 aromatic heterocycles. The first kappa shape index (κ1) is 44.3.